The molecule has 0 saturated carbocycles. The van der Waals surface area contributed by atoms with Crippen molar-refractivity contribution in [1.82, 2.24) is 4.90 Å². The molecule has 1 spiro atoms. The van der Waals surface area contributed by atoms with Crippen LogP contribution in [0.5, 0.6) is 11.5 Å². The zero-order chi connectivity index (χ0) is 32.7. The minimum Gasteiger partial charge on any atom is -0.493 e. The molecular formula is C40H37NO6. The van der Waals surface area contributed by atoms with Crippen molar-refractivity contribution in [3.8, 4) is 22.6 Å². The minimum absolute atomic E-state index is 0.147. The lowest BCUT2D eigenvalue weighted by atomic mass is 9.61. The Bertz CT molecular complexity index is 1900. The van der Waals surface area contributed by atoms with Gasteiger partial charge in [0.15, 0.2) is 11.5 Å². The second-order valence-corrected chi connectivity index (χ2v) is 11.8. The van der Waals surface area contributed by atoms with Crippen LogP contribution in [0.4, 0.5) is 0 Å². The van der Waals surface area contributed by atoms with Crippen LogP contribution in [0.15, 0.2) is 108 Å². The van der Waals surface area contributed by atoms with Crippen LogP contribution >= 0.6 is 0 Å². The predicted octanol–water partition coefficient (Wildman–Crippen LogP) is 7.05. The Morgan fingerprint density at radius 1 is 0.745 bits per heavy atom. The lowest BCUT2D eigenvalue weighted by molar-refractivity contribution is -0.143. The topological polar surface area (TPSA) is 74.3 Å². The highest BCUT2D eigenvalue weighted by molar-refractivity contribution is 6.07. The van der Waals surface area contributed by atoms with Gasteiger partial charge in [-0.2, -0.15) is 0 Å². The number of rotatable bonds is 7. The lowest BCUT2D eigenvalue weighted by Crippen LogP contribution is -2.42. The number of methoxy groups -OCH3 is 2. The maximum Gasteiger partial charge on any atom is 0.355 e. The van der Waals surface area contributed by atoms with Gasteiger partial charge in [0, 0.05) is 23.7 Å². The number of benzene rings is 4. The standard InChI is InChI=1S/C40H37NO6/c1-5-46-38(42)36-37(39(43)47-6-2)41-21-20-26-22-34(44-3)35(45-4)23-29(26)33(41)24-32(25-14-8-7-9-15-25)40(36)30-18-12-10-16-27(30)28-17-11-13-19-31(28)40/h7-19,22-24,32H,5-6,20-21H2,1-4H3/t32-/m1/s1. The smallest absolute Gasteiger partial charge is 0.355 e. The monoisotopic (exact) mass is 627 g/mol. The molecule has 1 atom stereocenters. The van der Waals surface area contributed by atoms with E-state index in [4.69, 9.17) is 18.9 Å². The van der Waals surface area contributed by atoms with Crippen molar-refractivity contribution in [2.24, 2.45) is 0 Å². The fraction of sp³-hybridized carbons (Fsp3) is 0.250. The van der Waals surface area contributed by atoms with Crippen LogP contribution in [0, 0.1) is 0 Å². The second-order valence-electron chi connectivity index (χ2n) is 11.8. The van der Waals surface area contributed by atoms with Crippen LogP contribution in [0.3, 0.4) is 0 Å². The number of nitrogens with zero attached hydrogens (tertiary/aromatic N) is 1. The Morgan fingerprint density at radius 2 is 1.32 bits per heavy atom. The molecular weight excluding hydrogens is 590 g/mol. The summed E-state index contributed by atoms with van der Waals surface area (Å²) >= 11 is 0. The Hall–Kier alpha value is -5.30. The largest absolute Gasteiger partial charge is 0.493 e. The third-order valence-corrected chi connectivity index (χ3v) is 9.57. The SMILES string of the molecule is CCOC(=O)C1=C(C(=O)OCC)C2(c3ccccc3-c3ccccc32)[C@@H](c2ccccc2)C=C2c3cc(OC)c(OC)cc3CCN21. The van der Waals surface area contributed by atoms with Crippen LogP contribution in [0.1, 0.15) is 47.6 Å². The summed E-state index contributed by atoms with van der Waals surface area (Å²) in [6.45, 7) is 4.30. The normalized spacial score (nSPS) is 17.1. The van der Waals surface area contributed by atoms with Crippen LogP contribution in [0.25, 0.3) is 16.8 Å². The first-order chi connectivity index (χ1) is 23.0. The fourth-order valence-electron chi connectivity index (χ4n) is 7.79. The molecule has 3 aliphatic rings. The van der Waals surface area contributed by atoms with Crippen molar-refractivity contribution in [3.63, 3.8) is 0 Å². The van der Waals surface area contributed by atoms with Crippen molar-refractivity contribution in [3.05, 3.63) is 136 Å². The molecule has 4 aromatic carbocycles. The first kappa shape index (κ1) is 30.4. The molecule has 0 aromatic heterocycles. The average molecular weight is 628 g/mol. The number of allylic oxidation sites excluding steroid dienone is 1. The van der Waals surface area contributed by atoms with E-state index >= 15 is 0 Å². The summed E-state index contributed by atoms with van der Waals surface area (Å²) in [6, 6.07) is 30.5. The van der Waals surface area contributed by atoms with Gasteiger partial charge in [-0.25, -0.2) is 9.59 Å². The van der Waals surface area contributed by atoms with Crippen molar-refractivity contribution >= 4 is 17.6 Å². The Kier molecular flexibility index (Phi) is 7.84. The van der Waals surface area contributed by atoms with Crippen LogP contribution in [0.2, 0.25) is 0 Å². The highest BCUT2D eigenvalue weighted by Crippen LogP contribution is 2.62. The van der Waals surface area contributed by atoms with Crippen LogP contribution in [-0.2, 0) is 30.9 Å². The third-order valence-electron chi connectivity index (χ3n) is 9.57. The van der Waals surface area contributed by atoms with Crippen LogP contribution < -0.4 is 9.47 Å². The summed E-state index contributed by atoms with van der Waals surface area (Å²) in [4.78, 5) is 31.2. The molecule has 0 radical (unpaired) electrons. The van der Waals surface area contributed by atoms with Gasteiger partial charge in [0.1, 0.15) is 5.70 Å². The Labute approximate surface area is 275 Å². The van der Waals surface area contributed by atoms with Crippen molar-refractivity contribution in [2.75, 3.05) is 34.0 Å². The zero-order valence-electron chi connectivity index (χ0n) is 27.0. The summed E-state index contributed by atoms with van der Waals surface area (Å²) < 4.78 is 23.2. The van der Waals surface area contributed by atoms with E-state index in [0.29, 0.717) is 24.5 Å². The molecule has 0 saturated heterocycles. The Balaban J connectivity index is 1.69. The van der Waals surface area contributed by atoms with Crippen LogP contribution in [-0.4, -0.2) is 50.8 Å². The summed E-state index contributed by atoms with van der Waals surface area (Å²) in [6.07, 6.45) is 2.83. The first-order valence-electron chi connectivity index (χ1n) is 16.1. The molecule has 238 valence electrons. The number of hydrogen-bond donors (Lipinski definition) is 0. The van der Waals surface area contributed by atoms with Gasteiger partial charge < -0.3 is 23.8 Å². The number of esters is 2. The van der Waals surface area contributed by atoms with Crippen molar-refractivity contribution in [1.29, 1.82) is 0 Å². The fourth-order valence-corrected chi connectivity index (χ4v) is 7.79. The van der Waals surface area contributed by atoms with Gasteiger partial charge in [0.2, 0.25) is 0 Å². The average Bonchev–Trinajstić information content (AvgIpc) is 3.31. The molecule has 0 amide bonds. The lowest BCUT2D eigenvalue weighted by Gasteiger charge is -2.40. The van der Waals surface area contributed by atoms with E-state index in [0.717, 1.165) is 44.6 Å². The molecule has 2 heterocycles. The first-order valence-corrected chi connectivity index (χ1v) is 16.1. The number of ether oxygens (including phenoxy) is 4. The van der Waals surface area contributed by atoms with Crippen molar-refractivity contribution in [2.45, 2.75) is 31.6 Å². The molecule has 0 N–H and O–H groups in total. The molecule has 47 heavy (non-hydrogen) atoms. The van der Waals surface area contributed by atoms with E-state index in [-0.39, 0.29) is 24.5 Å². The third kappa shape index (κ3) is 4.55. The van der Waals surface area contributed by atoms with E-state index in [1.165, 1.54) is 0 Å². The second kappa shape index (κ2) is 12.1. The van der Waals surface area contributed by atoms with Gasteiger partial charge in [0.05, 0.1) is 38.4 Å². The predicted molar refractivity (Wildman–Crippen MR) is 180 cm³/mol. The van der Waals surface area contributed by atoms with Crippen molar-refractivity contribution < 1.29 is 28.5 Å². The quantitative estimate of drug-likeness (QED) is 0.203. The highest BCUT2D eigenvalue weighted by atomic mass is 16.5. The summed E-state index contributed by atoms with van der Waals surface area (Å²) in [5.41, 5.74) is 6.98. The molecule has 0 bridgehead atoms. The minimum atomic E-state index is -1.13. The number of carbonyl (C=O) groups is 2. The molecule has 2 aliphatic heterocycles. The van der Waals surface area contributed by atoms with Gasteiger partial charge in [-0.15, -0.1) is 0 Å². The van der Waals surface area contributed by atoms with Gasteiger partial charge in [-0.05, 0) is 65.8 Å². The molecule has 4 aromatic rings. The molecule has 0 fully saturated rings. The molecule has 0 unspecified atom stereocenters. The van der Waals surface area contributed by atoms with E-state index in [2.05, 4.69) is 42.5 Å². The van der Waals surface area contributed by atoms with Gasteiger partial charge in [-0.1, -0.05) is 84.9 Å². The molecule has 7 nitrogen and oxygen atoms in total. The van der Waals surface area contributed by atoms with E-state index < -0.39 is 23.3 Å². The highest BCUT2D eigenvalue weighted by Gasteiger charge is 2.58. The van der Waals surface area contributed by atoms with E-state index in [9.17, 15) is 9.59 Å². The molecule has 1 aliphatic carbocycles. The van der Waals surface area contributed by atoms with Gasteiger partial charge in [0.25, 0.3) is 0 Å². The summed E-state index contributed by atoms with van der Waals surface area (Å²) in [5, 5.41) is 0. The molecule has 7 rings (SSSR count). The van der Waals surface area contributed by atoms with E-state index in [1.54, 1.807) is 28.1 Å². The number of carbonyl (C=O) groups excluding carboxylic acids is 2. The Morgan fingerprint density at radius 3 is 1.94 bits per heavy atom. The zero-order valence-corrected chi connectivity index (χ0v) is 27.0. The molecule has 7 heteroatoms. The summed E-state index contributed by atoms with van der Waals surface area (Å²) in [5.74, 6) is -0.336. The van der Waals surface area contributed by atoms with E-state index in [1.807, 2.05) is 59.5 Å². The van der Waals surface area contributed by atoms with Gasteiger partial charge in [-0.3, -0.25) is 0 Å². The number of fused-ring (bicyclic) bond motifs is 8. The number of hydrogen-bond acceptors (Lipinski definition) is 7. The maximum atomic E-state index is 14.8. The summed E-state index contributed by atoms with van der Waals surface area (Å²) in [7, 11) is 3.24. The van der Waals surface area contributed by atoms with Gasteiger partial charge >= 0.3 is 11.9 Å². The maximum absolute atomic E-state index is 14.8.